The molecule has 100 valence electrons. The third kappa shape index (κ3) is 3.67. The first-order chi connectivity index (χ1) is 8.70. The standard InChI is InChI=1S/C14H24N4/c1-4-5-15-7-12-8-16-14(17-9-12)18(3)10-13-6-11(13)2/h8-9,11,13,15H,4-7,10H2,1-3H3. The van der Waals surface area contributed by atoms with E-state index in [0.717, 1.165) is 49.4 Å². The lowest BCUT2D eigenvalue weighted by molar-refractivity contribution is 0.669. The van der Waals surface area contributed by atoms with Crippen LogP contribution in [0.5, 0.6) is 0 Å². The molecule has 0 aliphatic heterocycles. The molecule has 2 unspecified atom stereocenters. The van der Waals surface area contributed by atoms with Gasteiger partial charge in [0.25, 0.3) is 0 Å². The zero-order valence-corrected chi connectivity index (χ0v) is 11.7. The quantitative estimate of drug-likeness (QED) is 0.750. The van der Waals surface area contributed by atoms with Crippen molar-refractivity contribution >= 4 is 5.95 Å². The third-order valence-corrected chi connectivity index (χ3v) is 3.57. The van der Waals surface area contributed by atoms with E-state index in [2.05, 4.69) is 41.1 Å². The van der Waals surface area contributed by atoms with Crippen LogP contribution in [-0.2, 0) is 6.54 Å². The van der Waals surface area contributed by atoms with Crippen molar-refractivity contribution < 1.29 is 0 Å². The molecule has 0 radical (unpaired) electrons. The first kappa shape index (κ1) is 13.3. The zero-order chi connectivity index (χ0) is 13.0. The Morgan fingerprint density at radius 3 is 2.61 bits per heavy atom. The number of hydrogen-bond donors (Lipinski definition) is 1. The molecule has 1 heterocycles. The van der Waals surface area contributed by atoms with Gasteiger partial charge >= 0.3 is 0 Å². The van der Waals surface area contributed by atoms with Gasteiger partial charge in [-0.3, -0.25) is 0 Å². The number of nitrogens with one attached hydrogen (secondary N) is 1. The maximum absolute atomic E-state index is 4.44. The fourth-order valence-electron chi connectivity index (χ4n) is 2.13. The number of rotatable bonds is 7. The van der Waals surface area contributed by atoms with Crippen LogP contribution in [-0.4, -0.2) is 30.1 Å². The van der Waals surface area contributed by atoms with Gasteiger partial charge in [0.15, 0.2) is 0 Å². The van der Waals surface area contributed by atoms with E-state index in [1.165, 1.54) is 6.42 Å². The van der Waals surface area contributed by atoms with Crippen LogP contribution in [0.25, 0.3) is 0 Å². The Hall–Kier alpha value is -1.16. The summed E-state index contributed by atoms with van der Waals surface area (Å²) in [4.78, 5) is 11.0. The van der Waals surface area contributed by atoms with E-state index in [4.69, 9.17) is 0 Å². The fourth-order valence-corrected chi connectivity index (χ4v) is 2.13. The van der Waals surface area contributed by atoms with Gasteiger partial charge in [0.2, 0.25) is 5.95 Å². The van der Waals surface area contributed by atoms with E-state index >= 15 is 0 Å². The van der Waals surface area contributed by atoms with Crippen molar-refractivity contribution in [2.24, 2.45) is 11.8 Å². The van der Waals surface area contributed by atoms with E-state index in [1.807, 2.05) is 12.4 Å². The molecule has 0 saturated heterocycles. The molecule has 4 nitrogen and oxygen atoms in total. The van der Waals surface area contributed by atoms with Crippen LogP contribution < -0.4 is 10.2 Å². The van der Waals surface area contributed by atoms with E-state index < -0.39 is 0 Å². The van der Waals surface area contributed by atoms with Gasteiger partial charge in [-0.25, -0.2) is 9.97 Å². The number of aromatic nitrogens is 2. The molecular weight excluding hydrogens is 224 g/mol. The van der Waals surface area contributed by atoms with E-state index in [-0.39, 0.29) is 0 Å². The normalized spacial score (nSPS) is 21.9. The van der Waals surface area contributed by atoms with E-state index in [9.17, 15) is 0 Å². The van der Waals surface area contributed by atoms with Gasteiger partial charge in [0.05, 0.1) is 0 Å². The van der Waals surface area contributed by atoms with Gasteiger partial charge in [-0.1, -0.05) is 13.8 Å². The summed E-state index contributed by atoms with van der Waals surface area (Å²) in [5.74, 6) is 2.56. The first-order valence-electron chi connectivity index (χ1n) is 6.93. The van der Waals surface area contributed by atoms with E-state index in [1.54, 1.807) is 0 Å². The lowest BCUT2D eigenvalue weighted by Crippen LogP contribution is -2.23. The van der Waals surface area contributed by atoms with Crippen LogP contribution in [0.2, 0.25) is 0 Å². The Morgan fingerprint density at radius 1 is 1.39 bits per heavy atom. The summed E-state index contributed by atoms with van der Waals surface area (Å²) in [5, 5.41) is 3.35. The molecule has 1 N–H and O–H groups in total. The highest BCUT2D eigenvalue weighted by molar-refractivity contribution is 5.29. The zero-order valence-electron chi connectivity index (χ0n) is 11.7. The van der Waals surface area contributed by atoms with Crippen LogP contribution in [0, 0.1) is 11.8 Å². The SMILES string of the molecule is CCCNCc1cnc(N(C)CC2CC2C)nc1. The minimum Gasteiger partial charge on any atom is -0.344 e. The summed E-state index contributed by atoms with van der Waals surface area (Å²) in [6.07, 6.45) is 6.36. The van der Waals surface area contributed by atoms with Crippen LogP contribution in [0.3, 0.4) is 0 Å². The molecule has 0 amide bonds. The Balaban J connectivity index is 1.82. The predicted octanol–water partition coefficient (Wildman–Crippen LogP) is 2.07. The molecule has 4 heteroatoms. The highest BCUT2D eigenvalue weighted by Gasteiger charge is 2.33. The molecule has 18 heavy (non-hydrogen) atoms. The molecule has 2 atom stereocenters. The van der Waals surface area contributed by atoms with Gasteiger partial charge in [-0.2, -0.15) is 0 Å². The van der Waals surface area contributed by atoms with Crippen LogP contribution in [0.15, 0.2) is 12.4 Å². The van der Waals surface area contributed by atoms with Crippen LogP contribution >= 0.6 is 0 Å². The minimum atomic E-state index is 0.837. The fraction of sp³-hybridized carbons (Fsp3) is 0.714. The van der Waals surface area contributed by atoms with Gasteiger partial charge in [0.1, 0.15) is 0 Å². The predicted molar refractivity (Wildman–Crippen MR) is 74.6 cm³/mol. The van der Waals surface area contributed by atoms with Crippen molar-refractivity contribution in [3.63, 3.8) is 0 Å². The largest absolute Gasteiger partial charge is 0.344 e. The molecule has 0 aromatic carbocycles. The average Bonchev–Trinajstić information content (AvgIpc) is 3.06. The molecule has 1 aromatic rings. The van der Waals surface area contributed by atoms with Gasteiger partial charge in [0, 0.05) is 38.1 Å². The second-order valence-electron chi connectivity index (χ2n) is 5.42. The maximum Gasteiger partial charge on any atom is 0.225 e. The highest BCUT2D eigenvalue weighted by Crippen LogP contribution is 2.38. The molecule has 1 fully saturated rings. The van der Waals surface area contributed by atoms with Crippen molar-refractivity contribution in [3.8, 4) is 0 Å². The summed E-state index contributed by atoms with van der Waals surface area (Å²) >= 11 is 0. The molecule has 1 saturated carbocycles. The Labute approximate surface area is 110 Å². The van der Waals surface area contributed by atoms with Crippen molar-refractivity contribution in [1.29, 1.82) is 0 Å². The summed E-state index contributed by atoms with van der Waals surface area (Å²) in [7, 11) is 2.08. The summed E-state index contributed by atoms with van der Waals surface area (Å²) in [5.41, 5.74) is 1.15. The summed E-state index contributed by atoms with van der Waals surface area (Å²) in [6, 6.07) is 0. The van der Waals surface area contributed by atoms with Crippen molar-refractivity contribution in [2.75, 3.05) is 25.0 Å². The van der Waals surface area contributed by atoms with Crippen molar-refractivity contribution in [2.45, 2.75) is 33.2 Å². The third-order valence-electron chi connectivity index (χ3n) is 3.57. The smallest absolute Gasteiger partial charge is 0.225 e. The lowest BCUT2D eigenvalue weighted by Gasteiger charge is -2.16. The second-order valence-corrected chi connectivity index (χ2v) is 5.42. The Morgan fingerprint density at radius 2 is 2.06 bits per heavy atom. The van der Waals surface area contributed by atoms with Crippen LogP contribution in [0.4, 0.5) is 5.95 Å². The monoisotopic (exact) mass is 248 g/mol. The lowest BCUT2D eigenvalue weighted by atomic mass is 10.3. The number of anilines is 1. The Bertz CT molecular complexity index is 363. The first-order valence-corrected chi connectivity index (χ1v) is 6.93. The Kier molecular flexibility index (Phi) is 4.53. The van der Waals surface area contributed by atoms with E-state index in [0.29, 0.717) is 0 Å². The van der Waals surface area contributed by atoms with Crippen LogP contribution in [0.1, 0.15) is 32.3 Å². The summed E-state index contributed by atoms with van der Waals surface area (Å²) < 4.78 is 0. The van der Waals surface area contributed by atoms with Gasteiger partial charge in [-0.15, -0.1) is 0 Å². The second kappa shape index (κ2) is 6.14. The molecule has 1 aromatic heterocycles. The average molecular weight is 248 g/mol. The molecular formula is C14H24N4. The minimum absolute atomic E-state index is 0.837. The number of hydrogen-bond acceptors (Lipinski definition) is 4. The molecule has 0 bridgehead atoms. The molecule has 1 aliphatic carbocycles. The molecule has 0 spiro atoms. The van der Waals surface area contributed by atoms with Gasteiger partial charge < -0.3 is 10.2 Å². The molecule has 2 rings (SSSR count). The van der Waals surface area contributed by atoms with Gasteiger partial charge in [-0.05, 0) is 31.2 Å². The van der Waals surface area contributed by atoms with Crippen molar-refractivity contribution in [1.82, 2.24) is 15.3 Å². The van der Waals surface area contributed by atoms with Crippen molar-refractivity contribution in [3.05, 3.63) is 18.0 Å². The summed E-state index contributed by atoms with van der Waals surface area (Å²) in [6.45, 7) is 7.45. The highest BCUT2D eigenvalue weighted by atomic mass is 15.2. The maximum atomic E-state index is 4.44. The number of nitrogens with zero attached hydrogens (tertiary/aromatic N) is 3. The topological polar surface area (TPSA) is 41.1 Å². The molecule has 1 aliphatic rings.